The number of hydrogen-bond acceptors (Lipinski definition) is 7. The largest absolute Gasteiger partial charge is 0.503 e. The Morgan fingerprint density at radius 3 is 2.59 bits per heavy atom. The number of benzene rings is 2. The van der Waals surface area contributed by atoms with Crippen molar-refractivity contribution in [2.45, 2.75) is 19.9 Å². The Hall–Kier alpha value is -3.33. The van der Waals surface area contributed by atoms with Crippen molar-refractivity contribution in [1.29, 1.82) is 0 Å². The summed E-state index contributed by atoms with van der Waals surface area (Å²) in [5.74, 6) is -1.66. The molecule has 0 bridgehead atoms. The maximum atomic E-state index is 13.6. The number of anilines is 1. The number of amides is 1. The zero-order chi connectivity index (χ0) is 24.0. The van der Waals surface area contributed by atoms with Gasteiger partial charge in [-0.1, -0.05) is 65.4 Å². The molecular formula is C25H18ClN3O3S2. The highest BCUT2D eigenvalue weighted by atomic mass is 35.5. The molecule has 0 radical (unpaired) electrons. The summed E-state index contributed by atoms with van der Waals surface area (Å²) in [5, 5.41) is 12.5. The minimum atomic E-state index is -0.835. The Morgan fingerprint density at radius 2 is 1.88 bits per heavy atom. The molecule has 3 heterocycles. The summed E-state index contributed by atoms with van der Waals surface area (Å²) in [7, 11) is 0. The number of halogens is 1. The first-order valence-electron chi connectivity index (χ1n) is 10.4. The fourth-order valence-electron chi connectivity index (χ4n) is 3.87. The summed E-state index contributed by atoms with van der Waals surface area (Å²) in [6.45, 7) is 3.56. The molecule has 1 aliphatic heterocycles. The summed E-state index contributed by atoms with van der Waals surface area (Å²) in [4.78, 5) is 37.5. The molecule has 34 heavy (non-hydrogen) atoms. The van der Waals surface area contributed by atoms with E-state index >= 15 is 0 Å². The van der Waals surface area contributed by atoms with Crippen molar-refractivity contribution < 1.29 is 14.7 Å². The molecule has 170 valence electrons. The van der Waals surface area contributed by atoms with Gasteiger partial charge in [-0.05, 0) is 37.6 Å². The average molecular weight is 508 g/mol. The van der Waals surface area contributed by atoms with Gasteiger partial charge in [-0.25, -0.2) is 9.97 Å². The van der Waals surface area contributed by atoms with Gasteiger partial charge in [0.2, 0.25) is 5.78 Å². The Kier molecular flexibility index (Phi) is 5.81. The molecule has 5 rings (SSSR count). The minimum absolute atomic E-state index is 0.0150. The maximum Gasteiger partial charge on any atom is 0.296 e. The molecule has 2 aromatic carbocycles. The van der Waals surface area contributed by atoms with Gasteiger partial charge in [0.25, 0.3) is 5.91 Å². The number of aromatic nitrogens is 2. The predicted molar refractivity (Wildman–Crippen MR) is 137 cm³/mol. The fraction of sp³-hybridized carbons (Fsp3) is 0.120. The van der Waals surface area contributed by atoms with E-state index in [-0.39, 0.29) is 5.57 Å². The molecule has 0 saturated carbocycles. The van der Waals surface area contributed by atoms with E-state index < -0.39 is 23.5 Å². The molecule has 0 fully saturated rings. The lowest BCUT2D eigenvalue weighted by atomic mass is 10.0. The van der Waals surface area contributed by atoms with Crippen molar-refractivity contribution >= 4 is 67.4 Å². The van der Waals surface area contributed by atoms with Gasteiger partial charge in [0, 0.05) is 5.02 Å². The van der Waals surface area contributed by atoms with E-state index in [1.165, 1.54) is 27.6 Å². The standard InChI is InChI=1S/C25H18ClN3O3S2/c1-13-23(33-14(2)27-13)21(30)20-18(11-8-15-6-4-3-5-7-15)29(24(32)22(20)31)25-28-17-10-9-16(26)12-19(17)34-25/h3-12,18,31H,1-2H3/b11-8+. The second-order valence-electron chi connectivity index (χ2n) is 7.74. The molecule has 0 aliphatic carbocycles. The number of thiazole rings is 2. The van der Waals surface area contributed by atoms with Gasteiger partial charge in [-0.2, -0.15) is 0 Å². The molecule has 1 aliphatic rings. The Bertz CT molecular complexity index is 1500. The number of nitrogens with zero attached hydrogens (tertiary/aromatic N) is 3. The van der Waals surface area contributed by atoms with E-state index in [4.69, 9.17) is 11.6 Å². The number of ketones is 1. The monoisotopic (exact) mass is 507 g/mol. The molecule has 6 nitrogen and oxygen atoms in total. The zero-order valence-electron chi connectivity index (χ0n) is 18.2. The molecule has 1 unspecified atom stereocenters. The molecule has 1 amide bonds. The number of carbonyl (C=O) groups excluding carboxylic acids is 2. The second kappa shape index (κ2) is 8.79. The second-order valence-corrected chi connectivity index (χ2v) is 10.4. The van der Waals surface area contributed by atoms with E-state index in [9.17, 15) is 14.7 Å². The first kappa shape index (κ1) is 22.5. The van der Waals surface area contributed by atoms with Gasteiger partial charge in [-0.3, -0.25) is 14.5 Å². The number of aryl methyl sites for hydroxylation is 2. The van der Waals surface area contributed by atoms with Gasteiger partial charge < -0.3 is 5.11 Å². The summed E-state index contributed by atoms with van der Waals surface area (Å²) in [5.41, 5.74) is 2.16. The van der Waals surface area contributed by atoms with Crippen LogP contribution in [0.5, 0.6) is 0 Å². The van der Waals surface area contributed by atoms with Crippen LogP contribution in [0.3, 0.4) is 0 Å². The average Bonchev–Trinajstić information content (AvgIpc) is 3.45. The van der Waals surface area contributed by atoms with Crippen molar-refractivity contribution in [2.24, 2.45) is 0 Å². The summed E-state index contributed by atoms with van der Waals surface area (Å²) >= 11 is 8.64. The summed E-state index contributed by atoms with van der Waals surface area (Å²) < 4.78 is 0.800. The normalized spacial score (nSPS) is 16.4. The summed E-state index contributed by atoms with van der Waals surface area (Å²) in [6.07, 6.45) is 3.57. The van der Waals surface area contributed by atoms with Crippen LogP contribution in [0.4, 0.5) is 5.13 Å². The van der Waals surface area contributed by atoms with Gasteiger partial charge in [-0.15, -0.1) is 11.3 Å². The first-order chi connectivity index (χ1) is 16.3. The summed E-state index contributed by atoms with van der Waals surface area (Å²) in [6, 6.07) is 14.0. The Morgan fingerprint density at radius 1 is 1.12 bits per heavy atom. The number of Topliss-reactive ketones (excluding diaryl/α,β-unsaturated/α-hetero) is 1. The van der Waals surface area contributed by atoms with Crippen molar-refractivity contribution in [3.63, 3.8) is 0 Å². The van der Waals surface area contributed by atoms with Crippen LogP contribution in [0, 0.1) is 13.8 Å². The molecular weight excluding hydrogens is 490 g/mol. The van der Waals surface area contributed by atoms with E-state index in [2.05, 4.69) is 9.97 Å². The number of hydrogen-bond donors (Lipinski definition) is 1. The minimum Gasteiger partial charge on any atom is -0.503 e. The molecule has 0 spiro atoms. The smallest absolute Gasteiger partial charge is 0.296 e. The molecule has 1 atom stereocenters. The number of aliphatic hydroxyl groups is 1. The fourth-order valence-corrected chi connectivity index (χ4v) is 6.03. The number of rotatable bonds is 5. The topological polar surface area (TPSA) is 83.4 Å². The number of fused-ring (bicyclic) bond motifs is 1. The van der Waals surface area contributed by atoms with E-state index in [1.807, 2.05) is 43.3 Å². The Labute approximate surface area is 208 Å². The van der Waals surface area contributed by atoms with Crippen molar-refractivity contribution in [2.75, 3.05) is 4.90 Å². The highest BCUT2D eigenvalue weighted by Gasteiger charge is 2.44. The predicted octanol–water partition coefficient (Wildman–Crippen LogP) is 6.15. The third-order valence-corrected chi connectivity index (χ3v) is 7.74. The van der Waals surface area contributed by atoms with Crippen LogP contribution in [0.1, 0.15) is 25.9 Å². The number of carbonyl (C=O) groups is 2. The highest BCUT2D eigenvalue weighted by molar-refractivity contribution is 7.22. The lowest BCUT2D eigenvalue weighted by Gasteiger charge is -2.21. The zero-order valence-corrected chi connectivity index (χ0v) is 20.5. The molecule has 0 saturated heterocycles. The van der Waals surface area contributed by atoms with Crippen LogP contribution in [0.15, 0.2) is 65.9 Å². The molecule has 9 heteroatoms. The van der Waals surface area contributed by atoms with Gasteiger partial charge in [0.05, 0.1) is 37.4 Å². The SMILES string of the molecule is Cc1nc(C)c(C(=O)C2=C(O)C(=O)N(c3nc4ccc(Cl)cc4s3)C2/C=C/c2ccccc2)s1. The van der Waals surface area contributed by atoms with Crippen molar-refractivity contribution in [1.82, 2.24) is 9.97 Å². The van der Waals surface area contributed by atoms with Crippen LogP contribution in [-0.4, -0.2) is 32.8 Å². The van der Waals surface area contributed by atoms with E-state index in [1.54, 1.807) is 31.2 Å². The van der Waals surface area contributed by atoms with Crippen LogP contribution in [-0.2, 0) is 4.79 Å². The Balaban J connectivity index is 1.63. The number of aliphatic hydroxyl groups excluding tert-OH is 1. The van der Waals surface area contributed by atoms with E-state index in [0.29, 0.717) is 26.2 Å². The molecule has 4 aromatic rings. The van der Waals surface area contributed by atoms with Crippen LogP contribution < -0.4 is 4.90 Å². The lowest BCUT2D eigenvalue weighted by Crippen LogP contribution is -2.35. The van der Waals surface area contributed by atoms with Crippen molar-refractivity contribution in [3.8, 4) is 0 Å². The van der Waals surface area contributed by atoms with Gasteiger partial charge in [0.15, 0.2) is 10.9 Å². The van der Waals surface area contributed by atoms with Crippen LogP contribution in [0.2, 0.25) is 5.02 Å². The third-order valence-electron chi connectivity index (χ3n) is 5.42. The maximum absolute atomic E-state index is 13.6. The highest BCUT2D eigenvalue weighted by Crippen LogP contribution is 2.39. The first-order valence-corrected chi connectivity index (χ1v) is 12.4. The van der Waals surface area contributed by atoms with Gasteiger partial charge >= 0.3 is 0 Å². The lowest BCUT2D eigenvalue weighted by molar-refractivity contribution is -0.116. The van der Waals surface area contributed by atoms with Crippen LogP contribution in [0.25, 0.3) is 16.3 Å². The van der Waals surface area contributed by atoms with Crippen molar-refractivity contribution in [3.05, 3.63) is 92.1 Å². The van der Waals surface area contributed by atoms with Gasteiger partial charge in [0.1, 0.15) is 0 Å². The quantitative estimate of drug-likeness (QED) is 0.328. The molecule has 2 aromatic heterocycles. The van der Waals surface area contributed by atoms with Crippen LogP contribution >= 0.6 is 34.3 Å². The molecule has 1 N–H and O–H groups in total. The van der Waals surface area contributed by atoms with E-state index in [0.717, 1.165) is 15.3 Å². The third kappa shape index (κ3) is 3.94.